The molecule has 0 aliphatic carbocycles. The Labute approximate surface area is 129 Å². The molecule has 1 aliphatic heterocycles. The van der Waals surface area contributed by atoms with Crippen LogP contribution in [-0.2, 0) is 11.2 Å². The average molecular weight is 294 g/mol. The Morgan fingerprint density at radius 2 is 2.14 bits per heavy atom. The maximum Gasteiger partial charge on any atom is 0.164 e. The van der Waals surface area contributed by atoms with Crippen LogP contribution >= 0.6 is 0 Å². The van der Waals surface area contributed by atoms with Crippen LogP contribution < -0.4 is 0 Å². The van der Waals surface area contributed by atoms with Gasteiger partial charge in [0.25, 0.3) is 0 Å². The number of hydrogen-bond donors (Lipinski definition) is 0. The fraction of sp³-hybridized carbons (Fsp3) is 0.353. The van der Waals surface area contributed by atoms with Gasteiger partial charge in [0.05, 0.1) is 18.0 Å². The van der Waals surface area contributed by atoms with Crippen LogP contribution in [0.1, 0.15) is 25.1 Å². The Morgan fingerprint density at radius 1 is 1.18 bits per heavy atom. The molecule has 0 N–H and O–H groups in total. The third kappa shape index (κ3) is 2.48. The lowest BCUT2D eigenvalue weighted by Gasteiger charge is -2.22. The molecule has 112 valence electrons. The number of nitrogens with zero attached hydrogens (tertiary/aromatic N) is 4. The summed E-state index contributed by atoms with van der Waals surface area (Å²) in [5.74, 6) is 0.994. The van der Waals surface area contributed by atoms with Crippen molar-refractivity contribution in [1.82, 2.24) is 19.5 Å². The van der Waals surface area contributed by atoms with Gasteiger partial charge in [-0.15, -0.1) is 0 Å². The molecular weight excluding hydrogens is 276 g/mol. The van der Waals surface area contributed by atoms with Gasteiger partial charge >= 0.3 is 0 Å². The quantitative estimate of drug-likeness (QED) is 0.745. The van der Waals surface area contributed by atoms with E-state index in [1.54, 1.807) is 12.4 Å². The molecule has 1 saturated heterocycles. The Kier molecular flexibility index (Phi) is 3.56. The van der Waals surface area contributed by atoms with Gasteiger partial charge in [-0.25, -0.2) is 9.97 Å². The van der Waals surface area contributed by atoms with Crippen molar-refractivity contribution in [1.29, 1.82) is 0 Å². The fourth-order valence-electron chi connectivity index (χ4n) is 3.03. The normalized spacial score (nSPS) is 18.6. The smallest absolute Gasteiger partial charge is 0.164 e. The first-order chi connectivity index (χ1) is 10.9. The van der Waals surface area contributed by atoms with E-state index in [0.29, 0.717) is 0 Å². The van der Waals surface area contributed by atoms with Gasteiger partial charge < -0.3 is 4.74 Å². The summed E-state index contributed by atoms with van der Waals surface area (Å²) < 4.78 is 7.98. The number of aromatic nitrogens is 4. The van der Waals surface area contributed by atoms with Gasteiger partial charge in [0, 0.05) is 25.4 Å². The molecule has 5 nitrogen and oxygen atoms in total. The maximum atomic E-state index is 5.88. The number of ether oxygens (including phenoxy) is 1. The van der Waals surface area contributed by atoms with Gasteiger partial charge in [-0.2, -0.15) is 0 Å². The summed E-state index contributed by atoms with van der Waals surface area (Å²) in [5.41, 5.74) is 2.79. The molecule has 0 radical (unpaired) electrons. The zero-order valence-electron chi connectivity index (χ0n) is 12.4. The van der Waals surface area contributed by atoms with Crippen molar-refractivity contribution in [3.8, 4) is 5.69 Å². The van der Waals surface area contributed by atoms with Crippen molar-refractivity contribution in [3.05, 3.63) is 48.7 Å². The second kappa shape index (κ2) is 5.85. The van der Waals surface area contributed by atoms with Crippen LogP contribution in [0.2, 0.25) is 0 Å². The van der Waals surface area contributed by atoms with E-state index in [2.05, 4.69) is 14.5 Å². The first kappa shape index (κ1) is 13.4. The largest absolute Gasteiger partial charge is 0.378 e. The molecule has 4 heterocycles. The van der Waals surface area contributed by atoms with E-state index in [0.717, 1.165) is 48.5 Å². The highest BCUT2D eigenvalue weighted by Gasteiger charge is 2.20. The topological polar surface area (TPSA) is 52.8 Å². The van der Waals surface area contributed by atoms with E-state index >= 15 is 0 Å². The average Bonchev–Trinajstić information content (AvgIpc) is 2.94. The number of hydrogen-bond acceptors (Lipinski definition) is 4. The Balaban J connectivity index is 1.79. The van der Waals surface area contributed by atoms with Crippen molar-refractivity contribution >= 4 is 11.2 Å². The van der Waals surface area contributed by atoms with E-state index in [1.165, 1.54) is 6.42 Å². The lowest BCUT2D eigenvalue weighted by atomic mass is 10.1. The first-order valence-corrected chi connectivity index (χ1v) is 7.76. The van der Waals surface area contributed by atoms with E-state index < -0.39 is 0 Å². The van der Waals surface area contributed by atoms with Crippen molar-refractivity contribution in [2.24, 2.45) is 0 Å². The second-order valence-electron chi connectivity index (χ2n) is 5.61. The predicted octanol–water partition coefficient (Wildman–Crippen LogP) is 2.93. The minimum atomic E-state index is 0.251. The highest BCUT2D eigenvalue weighted by atomic mass is 16.5. The third-order valence-corrected chi connectivity index (χ3v) is 4.07. The zero-order chi connectivity index (χ0) is 14.8. The monoisotopic (exact) mass is 294 g/mol. The highest BCUT2D eigenvalue weighted by Crippen LogP contribution is 2.23. The third-order valence-electron chi connectivity index (χ3n) is 4.07. The summed E-state index contributed by atoms with van der Waals surface area (Å²) in [7, 11) is 0. The van der Waals surface area contributed by atoms with E-state index in [9.17, 15) is 0 Å². The van der Waals surface area contributed by atoms with E-state index in [-0.39, 0.29) is 6.10 Å². The molecular formula is C17H18N4O. The van der Waals surface area contributed by atoms with Crippen molar-refractivity contribution in [2.75, 3.05) is 6.61 Å². The summed E-state index contributed by atoms with van der Waals surface area (Å²) in [6.07, 6.45) is 9.99. The summed E-state index contributed by atoms with van der Waals surface area (Å²) in [5, 5.41) is 0. The molecule has 22 heavy (non-hydrogen) atoms. The molecule has 0 spiro atoms. The zero-order valence-corrected chi connectivity index (χ0v) is 12.4. The van der Waals surface area contributed by atoms with Crippen LogP contribution in [0.3, 0.4) is 0 Å². The summed E-state index contributed by atoms with van der Waals surface area (Å²) in [4.78, 5) is 13.5. The summed E-state index contributed by atoms with van der Waals surface area (Å²) >= 11 is 0. The SMILES string of the molecule is c1cncc(-n2c(CC3CCCCO3)nc3cccnc32)c1. The van der Waals surface area contributed by atoms with Crippen LogP contribution in [-0.4, -0.2) is 32.2 Å². The molecule has 1 unspecified atom stereocenters. The van der Waals surface area contributed by atoms with Crippen molar-refractivity contribution in [3.63, 3.8) is 0 Å². The lowest BCUT2D eigenvalue weighted by Crippen LogP contribution is -2.23. The van der Waals surface area contributed by atoms with Crippen molar-refractivity contribution < 1.29 is 4.74 Å². The van der Waals surface area contributed by atoms with Crippen molar-refractivity contribution in [2.45, 2.75) is 31.8 Å². The minimum Gasteiger partial charge on any atom is -0.378 e. The molecule has 5 heteroatoms. The minimum absolute atomic E-state index is 0.251. The van der Waals surface area contributed by atoms with Gasteiger partial charge in [0.15, 0.2) is 5.65 Å². The van der Waals surface area contributed by atoms with Gasteiger partial charge in [-0.05, 0) is 43.5 Å². The molecule has 3 aromatic rings. The Bertz CT molecular complexity index is 763. The van der Waals surface area contributed by atoms with Gasteiger partial charge in [0.2, 0.25) is 0 Å². The second-order valence-corrected chi connectivity index (χ2v) is 5.61. The predicted molar refractivity (Wildman–Crippen MR) is 84.0 cm³/mol. The molecule has 0 saturated carbocycles. The van der Waals surface area contributed by atoms with Crippen LogP contribution in [0.15, 0.2) is 42.9 Å². The molecule has 1 atom stereocenters. The van der Waals surface area contributed by atoms with E-state index in [1.807, 2.05) is 30.5 Å². The van der Waals surface area contributed by atoms with Gasteiger partial charge in [-0.1, -0.05) is 0 Å². The number of pyridine rings is 2. The molecule has 3 aromatic heterocycles. The fourth-order valence-corrected chi connectivity index (χ4v) is 3.03. The number of fused-ring (bicyclic) bond motifs is 1. The molecule has 1 aliphatic rings. The van der Waals surface area contributed by atoms with E-state index in [4.69, 9.17) is 9.72 Å². The summed E-state index contributed by atoms with van der Waals surface area (Å²) in [6.45, 7) is 0.857. The first-order valence-electron chi connectivity index (χ1n) is 7.76. The van der Waals surface area contributed by atoms with Crippen LogP contribution in [0.25, 0.3) is 16.9 Å². The molecule has 4 rings (SSSR count). The van der Waals surface area contributed by atoms with Crippen LogP contribution in [0, 0.1) is 0 Å². The standard InChI is InChI=1S/C17H18N4O/c1-2-10-22-14(6-1)11-16-20-15-7-4-9-19-17(15)21(16)13-5-3-8-18-12-13/h3-5,7-9,12,14H,1-2,6,10-11H2. The molecule has 1 fully saturated rings. The number of imidazole rings is 1. The van der Waals surface area contributed by atoms with Gasteiger partial charge in [-0.3, -0.25) is 9.55 Å². The maximum absolute atomic E-state index is 5.88. The summed E-state index contributed by atoms with van der Waals surface area (Å²) in [6, 6.07) is 7.89. The lowest BCUT2D eigenvalue weighted by molar-refractivity contribution is 0.0155. The number of rotatable bonds is 3. The molecule has 0 aromatic carbocycles. The highest BCUT2D eigenvalue weighted by molar-refractivity contribution is 5.73. The van der Waals surface area contributed by atoms with Crippen LogP contribution in [0.4, 0.5) is 0 Å². The van der Waals surface area contributed by atoms with Gasteiger partial charge in [0.1, 0.15) is 11.3 Å². The Morgan fingerprint density at radius 3 is 2.95 bits per heavy atom. The molecule has 0 amide bonds. The molecule has 0 bridgehead atoms. The Hall–Kier alpha value is -2.27. The van der Waals surface area contributed by atoms with Crippen LogP contribution in [0.5, 0.6) is 0 Å².